The molecule has 1 saturated heterocycles. The van der Waals surface area contributed by atoms with Gasteiger partial charge in [0.2, 0.25) is 5.65 Å². The molecule has 1 atom stereocenters. The third kappa shape index (κ3) is 2.75. The summed E-state index contributed by atoms with van der Waals surface area (Å²) in [5.74, 6) is 0. The van der Waals surface area contributed by atoms with E-state index in [1.165, 1.54) is 12.0 Å². The van der Waals surface area contributed by atoms with Gasteiger partial charge in [-0.2, -0.15) is 0 Å². The Kier molecular flexibility index (Phi) is 3.82. The standard InChI is InChI=1S/C20H21N5O2/c1-24-10-4-6-14(24)12-27-20-22-19(26)18-21-11-17(25(18)23-20)16-9-8-13-5-2-3-7-15(13)16/h2-3,5,7,9,11,14H,4,6,8,10,12H2,1H3,(H,22,23,26)/t14-/m0/s1. The van der Waals surface area contributed by atoms with Gasteiger partial charge in [-0.1, -0.05) is 30.3 Å². The van der Waals surface area contributed by atoms with Crippen LogP contribution in [-0.4, -0.2) is 50.7 Å². The second-order valence-corrected chi connectivity index (χ2v) is 7.20. The third-order valence-electron chi connectivity index (χ3n) is 5.55. The van der Waals surface area contributed by atoms with Crippen molar-refractivity contribution in [3.05, 3.63) is 63.7 Å². The van der Waals surface area contributed by atoms with Crippen molar-refractivity contribution in [3.8, 4) is 6.01 Å². The minimum Gasteiger partial charge on any atom is -0.462 e. The van der Waals surface area contributed by atoms with Crippen molar-refractivity contribution in [2.24, 2.45) is 0 Å². The number of benzene rings is 1. The number of aromatic amines is 1. The molecule has 1 aliphatic carbocycles. The average Bonchev–Trinajstić information content (AvgIpc) is 3.38. The Balaban J connectivity index is 1.50. The van der Waals surface area contributed by atoms with E-state index in [2.05, 4.69) is 45.2 Å². The predicted octanol–water partition coefficient (Wildman–Crippen LogP) is 1.88. The Labute approximate surface area is 156 Å². The molecule has 7 nitrogen and oxygen atoms in total. The lowest BCUT2D eigenvalue weighted by molar-refractivity contribution is 0.185. The van der Waals surface area contributed by atoms with Crippen molar-refractivity contribution in [3.63, 3.8) is 0 Å². The first-order chi connectivity index (χ1) is 13.2. The second kappa shape index (κ2) is 6.35. The lowest BCUT2D eigenvalue weighted by Crippen LogP contribution is -2.31. The number of likely N-dealkylation sites (N-methyl/N-ethyl adjacent to an activating group) is 1. The molecular weight excluding hydrogens is 342 g/mol. The largest absolute Gasteiger partial charge is 0.462 e. The minimum absolute atomic E-state index is 0.235. The average molecular weight is 363 g/mol. The zero-order valence-electron chi connectivity index (χ0n) is 15.2. The molecule has 0 unspecified atom stereocenters. The van der Waals surface area contributed by atoms with Crippen LogP contribution in [-0.2, 0) is 6.42 Å². The van der Waals surface area contributed by atoms with Gasteiger partial charge >= 0.3 is 6.01 Å². The van der Waals surface area contributed by atoms with Crippen LogP contribution in [0.5, 0.6) is 6.01 Å². The molecule has 27 heavy (non-hydrogen) atoms. The van der Waals surface area contributed by atoms with Crippen LogP contribution in [0, 0.1) is 0 Å². The number of fused-ring (bicyclic) bond motifs is 2. The number of H-pyrrole nitrogens is 1. The summed E-state index contributed by atoms with van der Waals surface area (Å²) in [6.45, 7) is 1.59. The summed E-state index contributed by atoms with van der Waals surface area (Å²) in [6.07, 6.45) is 7.01. The third-order valence-corrected chi connectivity index (χ3v) is 5.55. The normalized spacial score (nSPS) is 19.4. The van der Waals surface area contributed by atoms with Crippen LogP contribution in [0.25, 0.3) is 11.2 Å². The number of aromatic nitrogens is 4. The van der Waals surface area contributed by atoms with Crippen molar-refractivity contribution < 1.29 is 4.74 Å². The van der Waals surface area contributed by atoms with Crippen molar-refractivity contribution >= 4 is 11.2 Å². The summed E-state index contributed by atoms with van der Waals surface area (Å²) < 4.78 is 7.43. The molecule has 1 N–H and O–H groups in total. The zero-order chi connectivity index (χ0) is 18.4. The fourth-order valence-corrected chi connectivity index (χ4v) is 4.01. The van der Waals surface area contributed by atoms with E-state index >= 15 is 0 Å². The molecule has 138 valence electrons. The molecule has 0 amide bonds. The lowest BCUT2D eigenvalue weighted by atomic mass is 10.0. The molecule has 0 radical (unpaired) electrons. The monoisotopic (exact) mass is 363 g/mol. The number of hydrogen-bond donors (Lipinski definition) is 1. The summed E-state index contributed by atoms with van der Waals surface area (Å²) in [5.41, 5.74) is 4.28. The van der Waals surface area contributed by atoms with E-state index in [0.717, 1.165) is 36.2 Å². The lowest BCUT2D eigenvalue weighted by Gasteiger charge is -2.18. The Morgan fingerprint density at radius 1 is 1.33 bits per heavy atom. The number of nitrogens with one attached hydrogen (secondary N) is 1. The Morgan fingerprint density at radius 2 is 2.22 bits per heavy atom. The van der Waals surface area contributed by atoms with Gasteiger partial charge in [0, 0.05) is 11.6 Å². The Morgan fingerprint density at radius 3 is 3.07 bits per heavy atom. The molecule has 3 aromatic rings. The van der Waals surface area contributed by atoms with Crippen molar-refractivity contribution in [1.29, 1.82) is 0 Å². The number of ether oxygens (including phenoxy) is 1. The van der Waals surface area contributed by atoms with Crippen molar-refractivity contribution in [2.75, 3.05) is 20.2 Å². The number of hydrogen-bond acceptors (Lipinski definition) is 5. The van der Waals surface area contributed by atoms with E-state index in [9.17, 15) is 4.79 Å². The van der Waals surface area contributed by atoms with Crippen molar-refractivity contribution in [1.82, 2.24) is 24.5 Å². The van der Waals surface area contributed by atoms with E-state index in [0.29, 0.717) is 12.6 Å². The van der Waals surface area contributed by atoms with E-state index in [1.54, 1.807) is 10.7 Å². The highest BCUT2D eigenvalue weighted by atomic mass is 16.5. The summed E-state index contributed by atoms with van der Waals surface area (Å²) >= 11 is 0. The zero-order valence-corrected chi connectivity index (χ0v) is 15.2. The fraction of sp³-hybridized carbons (Fsp3) is 0.350. The van der Waals surface area contributed by atoms with E-state index in [-0.39, 0.29) is 17.2 Å². The first-order valence-corrected chi connectivity index (χ1v) is 9.30. The highest BCUT2D eigenvalue weighted by Gasteiger charge is 2.23. The van der Waals surface area contributed by atoms with Gasteiger partial charge in [-0.3, -0.25) is 9.78 Å². The molecule has 0 bridgehead atoms. The van der Waals surface area contributed by atoms with E-state index < -0.39 is 0 Å². The van der Waals surface area contributed by atoms with Crippen molar-refractivity contribution in [2.45, 2.75) is 25.3 Å². The van der Waals surface area contributed by atoms with Crippen LogP contribution < -0.4 is 10.3 Å². The first-order valence-electron chi connectivity index (χ1n) is 9.30. The van der Waals surface area contributed by atoms with Gasteiger partial charge in [-0.15, -0.1) is 5.10 Å². The van der Waals surface area contributed by atoms with Gasteiger partial charge in [-0.25, -0.2) is 9.50 Å². The number of likely N-dealkylation sites (tertiary alicyclic amines) is 1. The molecule has 0 spiro atoms. The Bertz CT molecular complexity index is 1100. The molecule has 3 heterocycles. The Hall–Kier alpha value is -2.93. The molecule has 2 aliphatic rings. The SMILES string of the molecule is CN1CCC[C@H]1COc1nn2c(C3=CCc4ccccc43)cnc2c(=O)[nH]1. The fourth-order valence-electron chi connectivity index (χ4n) is 4.01. The summed E-state index contributed by atoms with van der Waals surface area (Å²) in [7, 11) is 2.10. The predicted molar refractivity (Wildman–Crippen MR) is 102 cm³/mol. The van der Waals surface area contributed by atoms with Crippen LogP contribution >= 0.6 is 0 Å². The molecule has 1 aromatic carbocycles. The molecular formula is C20H21N5O2. The molecule has 2 aromatic heterocycles. The van der Waals surface area contributed by atoms with Gasteiger partial charge in [0.05, 0.1) is 11.9 Å². The summed E-state index contributed by atoms with van der Waals surface area (Å²) in [5, 5.41) is 4.52. The summed E-state index contributed by atoms with van der Waals surface area (Å²) in [4.78, 5) is 21.7. The van der Waals surface area contributed by atoms with E-state index in [4.69, 9.17) is 4.74 Å². The quantitative estimate of drug-likeness (QED) is 0.766. The number of allylic oxidation sites excluding steroid dienone is 1. The van der Waals surface area contributed by atoms with Gasteiger partial charge in [0.1, 0.15) is 6.61 Å². The van der Waals surface area contributed by atoms with Gasteiger partial charge in [0.25, 0.3) is 5.56 Å². The highest BCUT2D eigenvalue weighted by Crippen LogP contribution is 2.32. The maximum Gasteiger partial charge on any atom is 0.314 e. The molecule has 0 saturated carbocycles. The topological polar surface area (TPSA) is 75.5 Å². The number of imidazole rings is 1. The first kappa shape index (κ1) is 16.3. The minimum atomic E-state index is -0.294. The van der Waals surface area contributed by atoms with E-state index in [1.807, 2.05) is 12.1 Å². The maximum atomic E-state index is 12.4. The molecule has 1 aliphatic heterocycles. The highest BCUT2D eigenvalue weighted by molar-refractivity contribution is 5.83. The van der Waals surface area contributed by atoms with Crippen LogP contribution in [0.3, 0.4) is 0 Å². The maximum absolute atomic E-state index is 12.4. The van der Waals surface area contributed by atoms with Crippen LogP contribution in [0.2, 0.25) is 0 Å². The van der Waals surface area contributed by atoms with Gasteiger partial charge in [-0.05, 0) is 44.0 Å². The number of nitrogens with zero attached hydrogens (tertiary/aromatic N) is 4. The van der Waals surface area contributed by atoms with Gasteiger partial charge in [0.15, 0.2) is 0 Å². The smallest absolute Gasteiger partial charge is 0.314 e. The van der Waals surface area contributed by atoms with Crippen LogP contribution in [0.4, 0.5) is 0 Å². The second-order valence-electron chi connectivity index (χ2n) is 7.20. The van der Waals surface area contributed by atoms with Crippen LogP contribution in [0.1, 0.15) is 29.7 Å². The number of rotatable bonds is 4. The van der Waals surface area contributed by atoms with Gasteiger partial charge < -0.3 is 9.64 Å². The molecule has 5 rings (SSSR count). The molecule has 7 heteroatoms. The summed E-state index contributed by atoms with van der Waals surface area (Å²) in [6, 6.07) is 8.87. The van der Waals surface area contributed by atoms with Crippen LogP contribution in [0.15, 0.2) is 41.3 Å². The molecule has 1 fully saturated rings.